The van der Waals surface area contributed by atoms with E-state index in [0.717, 1.165) is 68.6 Å². The van der Waals surface area contributed by atoms with E-state index in [4.69, 9.17) is 28.4 Å². The number of esters is 8. The lowest BCUT2D eigenvalue weighted by Crippen LogP contribution is -2.18. The Balaban J connectivity index is 0.000000307. The van der Waals surface area contributed by atoms with Gasteiger partial charge in [0, 0.05) is 0 Å². The molecule has 0 aliphatic heterocycles. The van der Waals surface area contributed by atoms with Gasteiger partial charge in [0.15, 0.2) is 0 Å². The fourth-order valence-electron chi connectivity index (χ4n) is 7.44. The van der Waals surface area contributed by atoms with E-state index in [0.29, 0.717) is 13.2 Å². The van der Waals surface area contributed by atoms with Crippen LogP contribution in [0.4, 0.5) is 0 Å². The summed E-state index contributed by atoms with van der Waals surface area (Å²) in [6.45, 7) is 11.8. The van der Waals surface area contributed by atoms with Crippen molar-refractivity contribution in [1.29, 1.82) is 0 Å². The summed E-state index contributed by atoms with van der Waals surface area (Å²) >= 11 is 0. The SMILES string of the molecule is CC(C)OC(=O)c1ccc(O)cc1C(=O)OC(C)C.CCCCCCOC(=O)c1ccc(O)cc1C(=O)OCCCCCC.COC(=O)c1ccc(O)cc1C(=O)OC.O=C(OCc1ccccc1)c1ccc(O)cc1C(=O)OCc1ccccc1. The normalized spacial score (nSPS) is 10.3. The number of hydrogen-bond donors (Lipinski definition) is 4. The third kappa shape index (κ3) is 25.0. The molecule has 6 aromatic carbocycles. The molecule has 6 rings (SSSR count). The summed E-state index contributed by atoms with van der Waals surface area (Å²) in [5.41, 5.74) is 1.95. The number of aromatic hydroxyl groups is 4. The number of unbranched alkanes of at least 4 members (excludes halogenated alkanes) is 6. The van der Waals surface area contributed by atoms with Gasteiger partial charge in [0.2, 0.25) is 0 Å². The highest BCUT2D eigenvalue weighted by molar-refractivity contribution is 6.06. The van der Waals surface area contributed by atoms with Crippen molar-refractivity contribution in [3.05, 3.63) is 189 Å². The van der Waals surface area contributed by atoms with E-state index in [-0.39, 0.29) is 92.9 Å². The lowest BCUT2D eigenvalue weighted by atomic mass is 10.1. The highest BCUT2D eigenvalue weighted by atomic mass is 16.6. The van der Waals surface area contributed by atoms with Crippen molar-refractivity contribution >= 4 is 47.8 Å². The number of benzene rings is 6. The van der Waals surface area contributed by atoms with Crippen molar-refractivity contribution in [1.82, 2.24) is 0 Å². The van der Waals surface area contributed by atoms with Crippen LogP contribution in [0.1, 0.15) is 187 Å². The summed E-state index contributed by atoms with van der Waals surface area (Å²) in [6, 6.07) is 33.9. The van der Waals surface area contributed by atoms with Crippen molar-refractivity contribution in [3.63, 3.8) is 0 Å². The molecule has 0 aliphatic rings. The second kappa shape index (κ2) is 38.2. The third-order valence-corrected chi connectivity index (χ3v) is 11.7. The topological polar surface area (TPSA) is 291 Å². The molecule has 0 amide bonds. The number of phenolic OH excluding ortho intramolecular Hbond substituents is 4. The fraction of sp³-hybridized carbons (Fsp3) is 0.333. The van der Waals surface area contributed by atoms with Gasteiger partial charge >= 0.3 is 47.8 Å². The first-order chi connectivity index (χ1) is 41.1. The highest BCUT2D eigenvalue weighted by Gasteiger charge is 2.24. The van der Waals surface area contributed by atoms with Gasteiger partial charge in [-0.1, -0.05) is 113 Å². The second-order valence-electron chi connectivity index (χ2n) is 19.3. The van der Waals surface area contributed by atoms with Crippen molar-refractivity contribution in [3.8, 4) is 23.0 Å². The first-order valence-electron chi connectivity index (χ1n) is 27.8. The molecule has 0 heterocycles. The molecule has 0 fully saturated rings. The van der Waals surface area contributed by atoms with Gasteiger partial charge < -0.3 is 58.3 Å². The van der Waals surface area contributed by atoms with Crippen LogP contribution in [0.15, 0.2) is 133 Å². The Morgan fingerprint density at radius 2 is 0.616 bits per heavy atom. The Morgan fingerprint density at radius 1 is 0.337 bits per heavy atom. The molecule has 20 nitrogen and oxygen atoms in total. The summed E-state index contributed by atoms with van der Waals surface area (Å²) in [7, 11) is 2.39. The quantitative estimate of drug-likeness (QED) is 0.0249. The lowest BCUT2D eigenvalue weighted by molar-refractivity contribution is 0.0327. The maximum Gasteiger partial charge on any atom is 0.339 e. The average molecular weight is 1190 g/mol. The number of hydrogen-bond acceptors (Lipinski definition) is 20. The molecule has 4 N–H and O–H groups in total. The predicted octanol–water partition coefficient (Wildman–Crippen LogP) is 12.5. The number of rotatable bonds is 24. The average Bonchev–Trinajstić information content (AvgIpc) is 2.63. The van der Waals surface area contributed by atoms with E-state index in [9.17, 15) is 58.8 Å². The minimum atomic E-state index is -0.707. The summed E-state index contributed by atoms with van der Waals surface area (Å²) in [5, 5.41) is 37.9. The molecular weight excluding hydrogens is 1110 g/mol. The van der Waals surface area contributed by atoms with E-state index in [1.807, 2.05) is 60.7 Å². The van der Waals surface area contributed by atoms with Crippen molar-refractivity contribution in [2.75, 3.05) is 27.4 Å². The molecule has 20 heteroatoms. The van der Waals surface area contributed by atoms with Crippen LogP contribution in [0.5, 0.6) is 23.0 Å². The van der Waals surface area contributed by atoms with Gasteiger partial charge in [-0.15, -0.1) is 0 Å². The fourth-order valence-corrected chi connectivity index (χ4v) is 7.44. The summed E-state index contributed by atoms with van der Waals surface area (Å²) < 4.78 is 40.0. The largest absolute Gasteiger partial charge is 0.508 e. The minimum Gasteiger partial charge on any atom is -0.508 e. The summed E-state index contributed by atoms with van der Waals surface area (Å²) in [6.07, 6.45) is 7.40. The monoisotopic (exact) mass is 1190 g/mol. The van der Waals surface area contributed by atoms with Gasteiger partial charge in [-0.05, 0) is 124 Å². The standard InChI is InChI=1S/C22H18O5.C20H30O5.C14H18O5.C10H10O5/c23-18-11-12-19(21(24)26-14-16-7-3-1-4-8-16)20(13-18)22(25)27-15-17-9-5-2-6-10-17;1-3-5-7-9-13-24-19(22)17-12-11-16(21)15-18(17)20(23)25-14-10-8-6-4-2;1-8(2)18-13(16)11-6-5-10(15)7-12(11)14(17)19-9(3)4;1-14-9(12)7-4-3-6(11)5-8(7)10(13)15-2/h1-13,23H,14-15H2;11-12,15,21H,3-10,13-14H2,1-2H3;5-9,15H,1-4H3;3-5,11H,1-2H3. The van der Waals surface area contributed by atoms with Crippen LogP contribution < -0.4 is 0 Å². The molecule has 0 aliphatic carbocycles. The molecule has 0 saturated heterocycles. The van der Waals surface area contributed by atoms with Gasteiger partial charge in [-0.25, -0.2) is 38.4 Å². The smallest absolute Gasteiger partial charge is 0.339 e. The maximum absolute atomic E-state index is 12.4. The van der Waals surface area contributed by atoms with Crippen LogP contribution in [0.25, 0.3) is 0 Å². The van der Waals surface area contributed by atoms with Crippen LogP contribution in [-0.2, 0) is 51.1 Å². The molecule has 460 valence electrons. The van der Waals surface area contributed by atoms with Gasteiger partial charge in [-0.2, -0.15) is 0 Å². The minimum absolute atomic E-state index is 0.000602. The zero-order valence-electron chi connectivity index (χ0n) is 49.7. The number of methoxy groups -OCH3 is 2. The number of ether oxygens (including phenoxy) is 8. The van der Waals surface area contributed by atoms with Gasteiger partial charge in [-0.3, -0.25) is 0 Å². The Labute approximate surface area is 500 Å². The van der Waals surface area contributed by atoms with Crippen molar-refractivity contribution in [2.45, 2.75) is 118 Å². The van der Waals surface area contributed by atoms with Crippen molar-refractivity contribution < 1.29 is 96.7 Å². The predicted molar refractivity (Wildman–Crippen MR) is 316 cm³/mol. The molecule has 0 atom stereocenters. The molecule has 0 saturated carbocycles. The molecule has 0 aromatic heterocycles. The van der Waals surface area contributed by atoms with Crippen LogP contribution in [0, 0.1) is 0 Å². The Hall–Kier alpha value is -9.72. The maximum atomic E-state index is 12.4. The molecule has 6 aromatic rings. The molecule has 0 unspecified atom stereocenters. The first kappa shape index (κ1) is 70.5. The van der Waals surface area contributed by atoms with E-state index in [1.165, 1.54) is 80.9 Å². The second-order valence-corrected chi connectivity index (χ2v) is 19.3. The highest BCUT2D eigenvalue weighted by Crippen LogP contribution is 2.24. The third-order valence-electron chi connectivity index (χ3n) is 11.7. The molecule has 0 spiro atoms. The zero-order valence-corrected chi connectivity index (χ0v) is 49.7. The Kier molecular flexibility index (Phi) is 31.3. The van der Waals surface area contributed by atoms with E-state index < -0.39 is 47.8 Å². The van der Waals surface area contributed by atoms with Gasteiger partial charge in [0.25, 0.3) is 0 Å². The molecule has 86 heavy (non-hydrogen) atoms. The number of carbonyl (C=O) groups is 8. The number of phenols is 4. The van der Waals surface area contributed by atoms with Crippen LogP contribution in [0.3, 0.4) is 0 Å². The Morgan fingerprint density at radius 3 is 0.965 bits per heavy atom. The van der Waals surface area contributed by atoms with Crippen molar-refractivity contribution in [2.24, 2.45) is 0 Å². The van der Waals surface area contributed by atoms with E-state index in [1.54, 1.807) is 27.7 Å². The van der Waals surface area contributed by atoms with Gasteiger partial charge in [0.1, 0.15) is 36.2 Å². The van der Waals surface area contributed by atoms with Crippen LogP contribution >= 0.6 is 0 Å². The summed E-state index contributed by atoms with van der Waals surface area (Å²) in [5.74, 6) is -5.64. The number of carbonyl (C=O) groups excluding carboxylic acids is 8. The lowest BCUT2D eigenvalue weighted by Gasteiger charge is -2.13. The van der Waals surface area contributed by atoms with Gasteiger partial charge in [0.05, 0.1) is 84.1 Å². The van der Waals surface area contributed by atoms with Crippen LogP contribution in [0.2, 0.25) is 0 Å². The Bertz CT molecular complexity index is 3150. The molecule has 0 radical (unpaired) electrons. The molecular formula is C66H76O20. The van der Waals surface area contributed by atoms with E-state index >= 15 is 0 Å². The van der Waals surface area contributed by atoms with E-state index in [2.05, 4.69) is 23.3 Å². The summed E-state index contributed by atoms with van der Waals surface area (Å²) in [4.78, 5) is 95.6. The van der Waals surface area contributed by atoms with Crippen LogP contribution in [-0.4, -0.2) is 108 Å². The zero-order chi connectivity index (χ0) is 63.6. The first-order valence-corrected chi connectivity index (χ1v) is 27.8. The molecule has 0 bridgehead atoms.